The van der Waals surface area contributed by atoms with E-state index >= 15 is 0 Å². The molecule has 1 aliphatic rings. The third kappa shape index (κ3) is 2.88. The van der Waals surface area contributed by atoms with Crippen LogP contribution in [0.5, 0.6) is 5.75 Å². The van der Waals surface area contributed by atoms with Gasteiger partial charge < -0.3 is 14.8 Å². The number of ether oxygens (including phenoxy) is 2. The van der Waals surface area contributed by atoms with E-state index in [1.807, 2.05) is 13.8 Å². The number of halogens is 1. The number of carbonyl (C=O) groups excluding carboxylic acids is 1. The lowest BCUT2D eigenvalue weighted by Gasteiger charge is -2.24. The minimum absolute atomic E-state index is 0. The van der Waals surface area contributed by atoms with E-state index in [0.29, 0.717) is 6.61 Å². The van der Waals surface area contributed by atoms with Gasteiger partial charge in [-0.1, -0.05) is 12.1 Å². The van der Waals surface area contributed by atoms with Crippen molar-refractivity contribution in [2.24, 2.45) is 0 Å². The number of hydrogen-bond donors (Lipinski definition) is 1. The van der Waals surface area contributed by atoms with Crippen molar-refractivity contribution in [2.75, 3.05) is 13.7 Å². The summed E-state index contributed by atoms with van der Waals surface area (Å²) in [6.07, 6.45) is 0.462. The Labute approximate surface area is 113 Å². The van der Waals surface area contributed by atoms with E-state index < -0.39 is 0 Å². The fourth-order valence-electron chi connectivity index (χ4n) is 2.28. The molecule has 1 amide bonds. The molecule has 1 heterocycles. The molecule has 1 aromatic rings. The Kier molecular flexibility index (Phi) is 4.84. The zero-order valence-corrected chi connectivity index (χ0v) is 11.6. The number of benzene rings is 1. The highest BCUT2D eigenvalue weighted by Crippen LogP contribution is 2.29. The molecule has 1 fully saturated rings. The lowest BCUT2D eigenvalue weighted by molar-refractivity contribution is 0.115. The van der Waals surface area contributed by atoms with Crippen LogP contribution in [0.2, 0.25) is 0 Å². The van der Waals surface area contributed by atoms with Gasteiger partial charge in [0.25, 0.3) is 0 Å². The van der Waals surface area contributed by atoms with Gasteiger partial charge in [-0.2, -0.15) is 0 Å². The monoisotopic (exact) mass is 271 g/mol. The van der Waals surface area contributed by atoms with Crippen LogP contribution in [-0.2, 0) is 4.74 Å². The van der Waals surface area contributed by atoms with E-state index in [9.17, 15) is 4.79 Å². The molecule has 0 aliphatic carbocycles. The van der Waals surface area contributed by atoms with Crippen molar-refractivity contribution in [1.29, 1.82) is 0 Å². The first-order valence-corrected chi connectivity index (χ1v) is 5.70. The van der Waals surface area contributed by atoms with Crippen LogP contribution in [0.4, 0.5) is 4.79 Å². The Morgan fingerprint density at radius 1 is 1.33 bits per heavy atom. The van der Waals surface area contributed by atoms with Gasteiger partial charge >= 0.3 is 6.09 Å². The summed E-state index contributed by atoms with van der Waals surface area (Å²) < 4.78 is 10.2. The number of nitrogens with one attached hydrogen (secondary N) is 1. The van der Waals surface area contributed by atoms with Crippen molar-refractivity contribution >= 4 is 18.5 Å². The van der Waals surface area contributed by atoms with Gasteiger partial charge in [-0.25, -0.2) is 4.79 Å². The summed E-state index contributed by atoms with van der Waals surface area (Å²) in [5.74, 6) is 0.909. The lowest BCUT2D eigenvalue weighted by atomic mass is 9.98. The van der Waals surface area contributed by atoms with Crippen LogP contribution in [0.1, 0.15) is 29.2 Å². The molecule has 5 heteroatoms. The second kappa shape index (κ2) is 5.96. The molecular formula is C13H18ClNO3. The standard InChI is InChI=1S/C13H17NO3.ClH/c1-8-6-10(7-9(2)12(8)16-3)11-4-5-17-13(15)14-11;/h6-7,11H,4-5H2,1-3H3,(H,14,15);1H/t11-;/m1./s1. The topological polar surface area (TPSA) is 47.6 Å². The number of alkyl carbamates (subject to hydrolysis) is 1. The normalized spacial score (nSPS) is 18.4. The van der Waals surface area contributed by atoms with E-state index in [2.05, 4.69) is 17.4 Å². The quantitative estimate of drug-likeness (QED) is 0.900. The Morgan fingerprint density at radius 2 is 1.94 bits per heavy atom. The number of methoxy groups -OCH3 is 1. The summed E-state index contributed by atoms with van der Waals surface area (Å²) in [5, 5.41) is 2.82. The lowest BCUT2D eigenvalue weighted by Crippen LogP contribution is -2.35. The molecule has 0 radical (unpaired) electrons. The summed E-state index contributed by atoms with van der Waals surface area (Å²) in [6.45, 7) is 4.49. The van der Waals surface area contributed by atoms with Gasteiger partial charge in [0.2, 0.25) is 0 Å². The first-order chi connectivity index (χ1) is 8.11. The van der Waals surface area contributed by atoms with Crippen molar-refractivity contribution < 1.29 is 14.3 Å². The van der Waals surface area contributed by atoms with Gasteiger partial charge in [-0.15, -0.1) is 12.4 Å². The number of carbonyl (C=O) groups is 1. The fourth-order valence-corrected chi connectivity index (χ4v) is 2.28. The maximum absolute atomic E-state index is 11.2. The van der Waals surface area contributed by atoms with Gasteiger partial charge in [-0.3, -0.25) is 0 Å². The maximum atomic E-state index is 11.2. The molecule has 0 aromatic heterocycles. The molecule has 1 aliphatic heterocycles. The minimum atomic E-state index is -0.340. The van der Waals surface area contributed by atoms with Crippen molar-refractivity contribution in [3.8, 4) is 5.75 Å². The minimum Gasteiger partial charge on any atom is -0.496 e. The van der Waals surface area contributed by atoms with Gasteiger partial charge in [0.1, 0.15) is 5.75 Å². The van der Waals surface area contributed by atoms with Crippen molar-refractivity contribution in [1.82, 2.24) is 5.32 Å². The highest BCUT2D eigenvalue weighted by Gasteiger charge is 2.21. The van der Waals surface area contributed by atoms with Crippen LogP contribution in [0.25, 0.3) is 0 Å². The van der Waals surface area contributed by atoms with E-state index in [-0.39, 0.29) is 24.5 Å². The molecule has 1 aromatic carbocycles. The second-order valence-electron chi connectivity index (χ2n) is 4.31. The van der Waals surface area contributed by atoms with E-state index in [1.165, 1.54) is 0 Å². The van der Waals surface area contributed by atoms with Crippen LogP contribution < -0.4 is 10.1 Å². The smallest absolute Gasteiger partial charge is 0.407 e. The van der Waals surface area contributed by atoms with Crippen LogP contribution in [0.15, 0.2) is 12.1 Å². The Balaban J connectivity index is 0.00000162. The van der Waals surface area contributed by atoms with Gasteiger partial charge in [-0.05, 0) is 30.5 Å². The molecule has 0 spiro atoms. The Hall–Kier alpha value is -1.42. The highest BCUT2D eigenvalue weighted by molar-refractivity contribution is 5.85. The van der Waals surface area contributed by atoms with E-state index in [4.69, 9.17) is 9.47 Å². The molecule has 0 saturated carbocycles. The van der Waals surface area contributed by atoms with Crippen LogP contribution >= 0.6 is 12.4 Å². The number of hydrogen-bond acceptors (Lipinski definition) is 3. The first-order valence-electron chi connectivity index (χ1n) is 5.70. The Morgan fingerprint density at radius 3 is 2.44 bits per heavy atom. The average Bonchev–Trinajstić information content (AvgIpc) is 2.28. The molecule has 1 saturated heterocycles. The molecule has 4 nitrogen and oxygen atoms in total. The summed E-state index contributed by atoms with van der Waals surface area (Å²) in [4.78, 5) is 11.2. The van der Waals surface area contributed by atoms with E-state index in [1.54, 1.807) is 7.11 Å². The number of aryl methyl sites for hydroxylation is 2. The van der Waals surface area contributed by atoms with E-state index in [0.717, 1.165) is 28.9 Å². The molecule has 1 atom stereocenters. The number of amides is 1. The predicted molar refractivity (Wildman–Crippen MR) is 71.6 cm³/mol. The maximum Gasteiger partial charge on any atom is 0.407 e. The predicted octanol–water partition coefficient (Wildman–Crippen LogP) is 2.90. The van der Waals surface area contributed by atoms with Gasteiger partial charge in [0, 0.05) is 6.42 Å². The van der Waals surface area contributed by atoms with Gasteiger partial charge in [0.15, 0.2) is 0 Å². The Bertz CT molecular complexity index is 425. The second-order valence-corrected chi connectivity index (χ2v) is 4.31. The third-order valence-corrected chi connectivity index (χ3v) is 3.02. The molecular weight excluding hydrogens is 254 g/mol. The summed E-state index contributed by atoms with van der Waals surface area (Å²) in [5.41, 5.74) is 3.28. The zero-order valence-electron chi connectivity index (χ0n) is 10.8. The fraction of sp³-hybridized carbons (Fsp3) is 0.462. The number of rotatable bonds is 2. The third-order valence-electron chi connectivity index (χ3n) is 3.02. The number of cyclic esters (lactones) is 1. The van der Waals surface area contributed by atoms with Crippen LogP contribution in [0.3, 0.4) is 0 Å². The van der Waals surface area contributed by atoms with Crippen molar-refractivity contribution in [3.63, 3.8) is 0 Å². The molecule has 1 N–H and O–H groups in total. The molecule has 0 bridgehead atoms. The van der Waals surface area contributed by atoms with Crippen molar-refractivity contribution in [2.45, 2.75) is 26.3 Å². The highest BCUT2D eigenvalue weighted by atomic mass is 35.5. The molecule has 18 heavy (non-hydrogen) atoms. The van der Waals surface area contributed by atoms with Crippen molar-refractivity contribution in [3.05, 3.63) is 28.8 Å². The van der Waals surface area contributed by atoms with Crippen LogP contribution in [-0.4, -0.2) is 19.8 Å². The summed E-state index contributed by atoms with van der Waals surface area (Å²) >= 11 is 0. The molecule has 0 unspecified atom stereocenters. The SMILES string of the molecule is COc1c(C)cc([C@H]2CCOC(=O)N2)cc1C.Cl. The van der Waals surface area contributed by atoms with Gasteiger partial charge in [0.05, 0.1) is 19.8 Å². The summed E-state index contributed by atoms with van der Waals surface area (Å²) in [7, 11) is 1.67. The first kappa shape index (κ1) is 14.6. The van der Waals surface area contributed by atoms with Crippen LogP contribution in [0, 0.1) is 13.8 Å². The molecule has 100 valence electrons. The largest absolute Gasteiger partial charge is 0.496 e. The molecule has 2 rings (SSSR count). The zero-order chi connectivity index (χ0) is 12.4. The average molecular weight is 272 g/mol. The summed E-state index contributed by atoms with van der Waals surface area (Å²) in [6, 6.07) is 4.16.